The van der Waals surface area contributed by atoms with Crippen LogP contribution in [0.5, 0.6) is 0 Å². The molecule has 0 fully saturated rings. The van der Waals surface area contributed by atoms with Crippen LogP contribution in [0.25, 0.3) is 0 Å². The van der Waals surface area contributed by atoms with E-state index in [1.54, 1.807) is 0 Å². The standard InChI is InChI=1S/C3H5N3OS.C2H6/c7-2-5-3-4-1-6-8-3;1-2/h1,7H,2H2,(H,4,5,6);1-2H3. The fourth-order valence-corrected chi connectivity index (χ4v) is 0.736. The summed E-state index contributed by atoms with van der Waals surface area (Å²) in [5.41, 5.74) is 0. The number of anilines is 1. The quantitative estimate of drug-likeness (QED) is 0.633. The summed E-state index contributed by atoms with van der Waals surface area (Å²) in [5, 5.41) is 11.5. The van der Waals surface area contributed by atoms with E-state index in [1.807, 2.05) is 13.8 Å². The molecule has 10 heavy (non-hydrogen) atoms. The Morgan fingerprint density at radius 1 is 1.70 bits per heavy atom. The molecule has 0 amide bonds. The van der Waals surface area contributed by atoms with Gasteiger partial charge in [0.05, 0.1) is 0 Å². The summed E-state index contributed by atoms with van der Waals surface area (Å²) >= 11 is 1.22. The molecule has 0 aliphatic carbocycles. The maximum atomic E-state index is 8.27. The first kappa shape index (κ1) is 9.32. The van der Waals surface area contributed by atoms with E-state index in [9.17, 15) is 0 Å². The fraction of sp³-hybridized carbons (Fsp3) is 0.600. The smallest absolute Gasteiger partial charge is 0.204 e. The van der Waals surface area contributed by atoms with Crippen molar-refractivity contribution >= 4 is 16.7 Å². The minimum absolute atomic E-state index is 0.0881. The lowest BCUT2D eigenvalue weighted by molar-refractivity contribution is 0.325. The minimum Gasteiger partial charge on any atom is -0.377 e. The first-order chi connectivity index (χ1) is 4.93. The van der Waals surface area contributed by atoms with Gasteiger partial charge in [-0.25, -0.2) is 4.98 Å². The van der Waals surface area contributed by atoms with Crippen molar-refractivity contribution in [3.63, 3.8) is 0 Å². The Balaban J connectivity index is 0.000000371. The molecular weight excluding hydrogens is 150 g/mol. The van der Waals surface area contributed by atoms with Crippen LogP contribution in [-0.2, 0) is 0 Å². The molecule has 0 radical (unpaired) electrons. The summed E-state index contributed by atoms with van der Waals surface area (Å²) in [6.07, 6.45) is 1.43. The van der Waals surface area contributed by atoms with Gasteiger partial charge in [-0.3, -0.25) is 0 Å². The van der Waals surface area contributed by atoms with Crippen LogP contribution in [0.3, 0.4) is 0 Å². The lowest BCUT2D eigenvalue weighted by Crippen LogP contribution is -1.97. The molecule has 2 N–H and O–H groups in total. The zero-order valence-corrected chi connectivity index (χ0v) is 6.85. The third-order valence-electron chi connectivity index (χ3n) is 0.592. The van der Waals surface area contributed by atoms with E-state index in [0.717, 1.165) is 0 Å². The molecule has 0 atom stereocenters. The van der Waals surface area contributed by atoms with E-state index in [2.05, 4.69) is 14.7 Å². The highest BCUT2D eigenvalue weighted by Gasteiger charge is 1.88. The maximum absolute atomic E-state index is 8.27. The molecule has 58 valence electrons. The van der Waals surface area contributed by atoms with Gasteiger partial charge in [0.1, 0.15) is 13.1 Å². The monoisotopic (exact) mass is 161 g/mol. The highest BCUT2D eigenvalue weighted by molar-refractivity contribution is 7.09. The highest BCUT2D eigenvalue weighted by atomic mass is 32.1. The Labute approximate surface area is 64.1 Å². The summed E-state index contributed by atoms with van der Waals surface area (Å²) in [6.45, 7) is 3.91. The van der Waals surface area contributed by atoms with Crippen LogP contribution in [-0.4, -0.2) is 21.2 Å². The van der Waals surface area contributed by atoms with E-state index < -0.39 is 0 Å². The summed E-state index contributed by atoms with van der Waals surface area (Å²) in [5.74, 6) is 0. The average Bonchev–Trinajstić information content (AvgIpc) is 2.46. The van der Waals surface area contributed by atoms with Gasteiger partial charge >= 0.3 is 0 Å². The number of aliphatic hydroxyl groups excluding tert-OH is 1. The van der Waals surface area contributed by atoms with Crippen LogP contribution in [0.4, 0.5) is 5.13 Å². The van der Waals surface area contributed by atoms with Crippen LogP contribution < -0.4 is 5.32 Å². The molecule has 1 aromatic rings. The van der Waals surface area contributed by atoms with Gasteiger partial charge in [0.25, 0.3) is 0 Å². The number of nitrogens with zero attached hydrogens (tertiary/aromatic N) is 2. The van der Waals surface area contributed by atoms with Crippen LogP contribution >= 0.6 is 11.5 Å². The molecule has 0 spiro atoms. The van der Waals surface area contributed by atoms with Crippen molar-refractivity contribution in [3.05, 3.63) is 6.33 Å². The first-order valence-electron chi connectivity index (χ1n) is 3.05. The molecule has 0 aliphatic rings. The van der Waals surface area contributed by atoms with Gasteiger partial charge in [-0.2, -0.15) is 4.37 Å². The van der Waals surface area contributed by atoms with Crippen LogP contribution in [0.1, 0.15) is 13.8 Å². The van der Waals surface area contributed by atoms with Crippen molar-refractivity contribution in [2.24, 2.45) is 0 Å². The molecule has 4 nitrogen and oxygen atoms in total. The molecule has 0 saturated heterocycles. The van der Waals surface area contributed by atoms with Gasteiger partial charge in [-0.15, -0.1) is 0 Å². The van der Waals surface area contributed by atoms with Gasteiger partial charge in [0.15, 0.2) is 0 Å². The summed E-state index contributed by atoms with van der Waals surface area (Å²) in [7, 11) is 0. The average molecular weight is 161 g/mol. The van der Waals surface area contributed by atoms with E-state index in [1.165, 1.54) is 17.9 Å². The normalized spacial score (nSPS) is 7.90. The van der Waals surface area contributed by atoms with Crippen molar-refractivity contribution < 1.29 is 5.11 Å². The highest BCUT2D eigenvalue weighted by Crippen LogP contribution is 2.03. The molecule has 0 bridgehead atoms. The van der Waals surface area contributed by atoms with Gasteiger partial charge in [-0.05, 0) is 0 Å². The van der Waals surface area contributed by atoms with Crippen molar-refractivity contribution in [3.8, 4) is 0 Å². The molecule has 1 heterocycles. The predicted octanol–water partition coefficient (Wildman–Crippen LogP) is 0.926. The number of aromatic nitrogens is 2. The van der Waals surface area contributed by atoms with Gasteiger partial charge in [0.2, 0.25) is 5.13 Å². The van der Waals surface area contributed by atoms with Crippen molar-refractivity contribution in [1.82, 2.24) is 9.36 Å². The second-order valence-electron chi connectivity index (χ2n) is 1.08. The Bertz CT molecular complexity index is 143. The lowest BCUT2D eigenvalue weighted by atomic mass is 11.0. The molecule has 0 aliphatic heterocycles. The topological polar surface area (TPSA) is 58.0 Å². The molecule has 1 rings (SSSR count). The van der Waals surface area contributed by atoms with Crippen LogP contribution in [0, 0.1) is 0 Å². The summed E-state index contributed by atoms with van der Waals surface area (Å²) in [6, 6.07) is 0. The predicted molar refractivity (Wildman–Crippen MR) is 42.0 cm³/mol. The van der Waals surface area contributed by atoms with Crippen LogP contribution in [0.15, 0.2) is 6.33 Å². The van der Waals surface area contributed by atoms with E-state index >= 15 is 0 Å². The van der Waals surface area contributed by atoms with Gasteiger partial charge in [0, 0.05) is 11.5 Å². The molecule has 0 saturated carbocycles. The number of hydrogen-bond donors (Lipinski definition) is 2. The van der Waals surface area contributed by atoms with Crippen molar-refractivity contribution in [1.29, 1.82) is 0 Å². The third-order valence-corrected chi connectivity index (χ3v) is 1.21. The molecule has 5 heteroatoms. The number of nitrogens with one attached hydrogen (secondary N) is 1. The zero-order valence-electron chi connectivity index (χ0n) is 6.03. The minimum atomic E-state index is -0.0881. The Morgan fingerprint density at radius 2 is 2.40 bits per heavy atom. The van der Waals surface area contributed by atoms with Gasteiger partial charge in [-0.1, -0.05) is 13.8 Å². The Morgan fingerprint density at radius 3 is 2.80 bits per heavy atom. The van der Waals surface area contributed by atoms with E-state index in [4.69, 9.17) is 5.11 Å². The third kappa shape index (κ3) is 3.37. The lowest BCUT2D eigenvalue weighted by Gasteiger charge is -1.89. The summed E-state index contributed by atoms with van der Waals surface area (Å²) in [4.78, 5) is 3.74. The van der Waals surface area contributed by atoms with E-state index in [0.29, 0.717) is 5.13 Å². The molecular formula is C5H11N3OS. The molecule has 0 aromatic carbocycles. The molecule has 0 unspecified atom stereocenters. The number of hydrogen-bond acceptors (Lipinski definition) is 5. The van der Waals surface area contributed by atoms with Gasteiger partial charge < -0.3 is 10.4 Å². The Hall–Kier alpha value is -0.680. The zero-order chi connectivity index (χ0) is 7.82. The Kier molecular flexibility index (Phi) is 6.00. The number of rotatable bonds is 2. The van der Waals surface area contributed by atoms with Crippen molar-refractivity contribution in [2.75, 3.05) is 12.0 Å². The summed E-state index contributed by atoms with van der Waals surface area (Å²) < 4.78 is 3.70. The van der Waals surface area contributed by atoms with E-state index in [-0.39, 0.29) is 6.73 Å². The first-order valence-corrected chi connectivity index (χ1v) is 3.82. The van der Waals surface area contributed by atoms with Crippen LogP contribution in [0.2, 0.25) is 0 Å². The second-order valence-corrected chi connectivity index (χ2v) is 1.86. The fourth-order valence-electron chi connectivity index (χ4n) is 0.319. The second kappa shape index (κ2) is 6.44. The largest absolute Gasteiger partial charge is 0.377 e. The maximum Gasteiger partial charge on any atom is 0.204 e. The SMILES string of the molecule is CC.OCNc1ncns1. The van der Waals surface area contributed by atoms with Crippen molar-refractivity contribution in [2.45, 2.75) is 13.8 Å². The number of aliphatic hydroxyl groups is 1. The molecule has 1 aromatic heterocycles.